The van der Waals surface area contributed by atoms with Gasteiger partial charge < -0.3 is 14.4 Å². The van der Waals surface area contributed by atoms with Crippen molar-refractivity contribution in [2.24, 2.45) is 5.41 Å². The van der Waals surface area contributed by atoms with E-state index in [-0.39, 0.29) is 17.0 Å². The molecule has 5 rings (SSSR count). The van der Waals surface area contributed by atoms with Crippen LogP contribution in [0, 0.1) is 5.41 Å². The minimum absolute atomic E-state index is 0.0380. The zero-order chi connectivity index (χ0) is 21.2. The molecule has 1 aromatic carbocycles. The first-order valence-electron chi connectivity index (χ1n) is 10.1. The maximum absolute atomic E-state index is 12.6. The largest absolute Gasteiger partial charge is 0.492 e. The van der Waals surface area contributed by atoms with Crippen LogP contribution in [-0.2, 0) is 12.8 Å². The number of aromatic nitrogens is 1. The number of hydrogen-bond acceptors (Lipinski definition) is 4. The Kier molecular flexibility index (Phi) is 4.19. The third-order valence-electron chi connectivity index (χ3n) is 6.20. The van der Waals surface area contributed by atoms with Gasteiger partial charge in [0.05, 0.1) is 12.3 Å². The van der Waals surface area contributed by atoms with Crippen LogP contribution in [-0.4, -0.2) is 22.2 Å². The third kappa shape index (κ3) is 2.82. The van der Waals surface area contributed by atoms with Crippen molar-refractivity contribution >= 4 is 17.3 Å². The maximum atomic E-state index is 12.6. The van der Waals surface area contributed by atoms with Crippen molar-refractivity contribution in [1.29, 1.82) is 0 Å². The van der Waals surface area contributed by atoms with E-state index in [1.807, 2.05) is 16.0 Å². The predicted octanol–water partition coefficient (Wildman–Crippen LogP) is 5.02. The second-order valence-electron chi connectivity index (χ2n) is 9.07. The van der Waals surface area contributed by atoms with Gasteiger partial charge in [-0.25, -0.2) is 4.79 Å². The number of thiophene rings is 1. The summed E-state index contributed by atoms with van der Waals surface area (Å²) < 4.78 is 8.07. The molecule has 3 aromatic rings. The number of carbonyl (C=O) groups is 1. The molecule has 1 N–H and O–H groups in total. The van der Waals surface area contributed by atoms with Crippen LogP contribution < -0.4 is 10.2 Å². The lowest BCUT2D eigenvalue weighted by Gasteiger charge is -2.39. The quantitative estimate of drug-likeness (QED) is 0.631. The predicted molar refractivity (Wildman–Crippen MR) is 118 cm³/mol. The van der Waals surface area contributed by atoms with E-state index >= 15 is 0 Å². The van der Waals surface area contributed by atoms with Gasteiger partial charge in [0, 0.05) is 46.3 Å². The monoisotopic (exact) mass is 421 g/mol. The first kappa shape index (κ1) is 19.1. The van der Waals surface area contributed by atoms with Gasteiger partial charge in [-0.1, -0.05) is 26.8 Å². The standard InChI is InChI=1S/C24H23NO4S/c1-24(2,3)21-10-14-13-6-7-29-22(13)16(20-5-4-8-30-20)9-15(14)18-11-19(26)17(23(27)28)12-25(18)21/h4-5,8-9,11-12,21H,6-7,10H2,1-3H3,(H,27,28)/t21-/m0/s1. The van der Waals surface area contributed by atoms with Gasteiger partial charge in [-0.05, 0) is 34.9 Å². The molecular weight excluding hydrogens is 398 g/mol. The van der Waals surface area contributed by atoms with Crippen LogP contribution in [0.15, 0.2) is 40.6 Å². The number of carboxylic acid groups (broad SMARTS) is 1. The van der Waals surface area contributed by atoms with E-state index < -0.39 is 11.4 Å². The number of benzene rings is 1. The highest BCUT2D eigenvalue weighted by Crippen LogP contribution is 2.50. The fraction of sp³-hybridized carbons (Fsp3) is 0.333. The Morgan fingerprint density at radius 3 is 2.70 bits per heavy atom. The fourth-order valence-electron chi connectivity index (χ4n) is 4.72. The molecule has 0 saturated heterocycles. The summed E-state index contributed by atoms with van der Waals surface area (Å²) >= 11 is 1.66. The van der Waals surface area contributed by atoms with Crippen molar-refractivity contribution in [3.05, 3.63) is 62.8 Å². The molecule has 2 aliphatic rings. The number of carboxylic acids is 1. The van der Waals surface area contributed by atoms with Crippen LogP contribution in [0.25, 0.3) is 21.7 Å². The molecule has 0 aliphatic carbocycles. The van der Waals surface area contributed by atoms with Crippen LogP contribution in [0.2, 0.25) is 0 Å². The van der Waals surface area contributed by atoms with Crippen LogP contribution in [0.1, 0.15) is 48.3 Å². The van der Waals surface area contributed by atoms with Gasteiger partial charge in [-0.15, -0.1) is 11.3 Å². The number of aromatic carboxylic acids is 1. The molecule has 2 aromatic heterocycles. The lowest BCUT2D eigenvalue weighted by atomic mass is 9.77. The number of fused-ring (bicyclic) bond motifs is 5. The van der Waals surface area contributed by atoms with Gasteiger partial charge in [0.25, 0.3) is 0 Å². The van der Waals surface area contributed by atoms with Crippen molar-refractivity contribution in [2.75, 3.05) is 6.61 Å². The number of ether oxygens (including phenoxy) is 1. The van der Waals surface area contributed by atoms with Crippen molar-refractivity contribution in [3.8, 4) is 27.4 Å². The van der Waals surface area contributed by atoms with Crippen LogP contribution in [0.3, 0.4) is 0 Å². The van der Waals surface area contributed by atoms with Gasteiger partial charge in [0.1, 0.15) is 11.3 Å². The average molecular weight is 422 g/mol. The molecule has 0 amide bonds. The normalized spacial score (nSPS) is 17.1. The van der Waals surface area contributed by atoms with E-state index in [0.29, 0.717) is 6.61 Å². The first-order valence-corrected chi connectivity index (χ1v) is 11.0. The Morgan fingerprint density at radius 1 is 1.23 bits per heavy atom. The molecule has 0 bridgehead atoms. The third-order valence-corrected chi connectivity index (χ3v) is 7.10. The Hall–Kier alpha value is -2.86. The molecule has 154 valence electrons. The molecule has 30 heavy (non-hydrogen) atoms. The van der Waals surface area contributed by atoms with Crippen LogP contribution in [0.5, 0.6) is 5.75 Å². The highest BCUT2D eigenvalue weighted by molar-refractivity contribution is 7.13. The maximum Gasteiger partial charge on any atom is 0.341 e. The summed E-state index contributed by atoms with van der Waals surface area (Å²) in [5.74, 6) is -0.225. The van der Waals surface area contributed by atoms with Gasteiger partial charge in [0.15, 0.2) is 5.43 Å². The van der Waals surface area contributed by atoms with Gasteiger partial charge in [0.2, 0.25) is 0 Å². The van der Waals surface area contributed by atoms with Crippen molar-refractivity contribution in [3.63, 3.8) is 0 Å². The minimum atomic E-state index is -1.18. The van der Waals surface area contributed by atoms with Gasteiger partial charge >= 0.3 is 5.97 Å². The Balaban J connectivity index is 1.84. The average Bonchev–Trinajstić information content (AvgIpc) is 3.37. The second-order valence-corrected chi connectivity index (χ2v) is 10.0. The summed E-state index contributed by atoms with van der Waals surface area (Å²) in [6, 6.07) is 7.76. The molecule has 4 heterocycles. The SMILES string of the molecule is CC(C)(C)[C@@H]1Cc2c(cc(-c3cccs3)c3c2CCO3)-c2cc(=O)c(C(=O)O)cn21. The topological polar surface area (TPSA) is 68.5 Å². The molecule has 0 saturated carbocycles. The molecular formula is C24H23NO4S. The smallest absolute Gasteiger partial charge is 0.341 e. The highest BCUT2D eigenvalue weighted by Gasteiger charge is 2.37. The van der Waals surface area contributed by atoms with Crippen LogP contribution >= 0.6 is 11.3 Å². The summed E-state index contributed by atoms with van der Waals surface area (Å²) in [6.45, 7) is 7.13. The lowest BCUT2D eigenvalue weighted by Crippen LogP contribution is -2.33. The summed E-state index contributed by atoms with van der Waals surface area (Å²) in [4.78, 5) is 25.4. The first-order chi connectivity index (χ1) is 14.3. The van der Waals surface area contributed by atoms with Crippen LogP contribution in [0.4, 0.5) is 0 Å². The Morgan fingerprint density at radius 2 is 2.03 bits per heavy atom. The van der Waals surface area contributed by atoms with E-state index in [1.165, 1.54) is 23.4 Å². The lowest BCUT2D eigenvalue weighted by molar-refractivity contribution is 0.0693. The minimum Gasteiger partial charge on any atom is -0.492 e. The zero-order valence-corrected chi connectivity index (χ0v) is 18.0. The zero-order valence-electron chi connectivity index (χ0n) is 17.2. The van der Waals surface area contributed by atoms with Crippen molar-refractivity contribution < 1.29 is 14.6 Å². The van der Waals surface area contributed by atoms with E-state index in [0.717, 1.165) is 40.3 Å². The summed E-state index contributed by atoms with van der Waals surface area (Å²) in [5.41, 5.74) is 4.55. The molecule has 1 atom stereocenters. The van der Waals surface area contributed by atoms with Crippen molar-refractivity contribution in [1.82, 2.24) is 4.57 Å². The second kappa shape index (κ2) is 6.57. The van der Waals surface area contributed by atoms with E-state index in [1.54, 1.807) is 11.3 Å². The highest BCUT2D eigenvalue weighted by atomic mass is 32.1. The number of hydrogen-bond donors (Lipinski definition) is 1. The Labute approximate surface area is 178 Å². The number of nitrogens with zero attached hydrogens (tertiary/aromatic N) is 1. The molecule has 5 nitrogen and oxygen atoms in total. The molecule has 0 unspecified atom stereocenters. The van der Waals surface area contributed by atoms with Gasteiger partial charge in [-0.3, -0.25) is 4.79 Å². The molecule has 6 heteroatoms. The van der Waals surface area contributed by atoms with E-state index in [2.05, 4.69) is 32.9 Å². The molecule has 0 fully saturated rings. The van der Waals surface area contributed by atoms with E-state index in [4.69, 9.17) is 4.74 Å². The molecule has 0 radical (unpaired) electrons. The van der Waals surface area contributed by atoms with Crippen molar-refractivity contribution in [2.45, 2.75) is 39.7 Å². The number of pyridine rings is 1. The molecule has 2 aliphatic heterocycles. The summed E-state index contributed by atoms with van der Waals surface area (Å²) in [7, 11) is 0. The fourth-order valence-corrected chi connectivity index (χ4v) is 5.46. The summed E-state index contributed by atoms with van der Waals surface area (Å²) in [6.07, 6.45) is 3.17. The summed E-state index contributed by atoms with van der Waals surface area (Å²) in [5, 5.41) is 11.6. The number of rotatable bonds is 2. The molecule has 0 spiro atoms. The van der Waals surface area contributed by atoms with E-state index in [9.17, 15) is 14.7 Å². The van der Waals surface area contributed by atoms with Gasteiger partial charge in [-0.2, -0.15) is 0 Å². The Bertz CT molecular complexity index is 1230.